The van der Waals surface area contributed by atoms with Crippen LogP contribution in [0.25, 0.3) is 5.82 Å². The first-order chi connectivity index (χ1) is 17.4. The number of esters is 1. The van der Waals surface area contributed by atoms with Crippen LogP contribution < -0.4 is 5.32 Å². The summed E-state index contributed by atoms with van der Waals surface area (Å²) in [4.78, 5) is 25.9. The van der Waals surface area contributed by atoms with Crippen LogP contribution in [0.5, 0.6) is 0 Å². The van der Waals surface area contributed by atoms with Crippen molar-refractivity contribution in [2.45, 2.75) is 51.2 Å². The Morgan fingerprint density at radius 1 is 1.03 bits per heavy atom. The summed E-state index contributed by atoms with van der Waals surface area (Å²) in [5, 5.41) is 14.6. The summed E-state index contributed by atoms with van der Waals surface area (Å²) in [7, 11) is 0. The Hall–Kier alpha value is -4.04. The van der Waals surface area contributed by atoms with E-state index in [2.05, 4.69) is 15.3 Å². The van der Waals surface area contributed by atoms with Gasteiger partial charge in [-0.2, -0.15) is 0 Å². The van der Waals surface area contributed by atoms with Gasteiger partial charge in [0.25, 0.3) is 0 Å². The number of aryl methyl sites for hydroxylation is 2. The van der Waals surface area contributed by atoms with Gasteiger partial charge in [0.15, 0.2) is 0 Å². The van der Waals surface area contributed by atoms with Crippen molar-refractivity contribution in [2.24, 2.45) is 0 Å². The highest BCUT2D eigenvalue weighted by atomic mass is 16.5. The number of pyridine rings is 2. The topological polar surface area (TPSA) is 102 Å². The van der Waals surface area contributed by atoms with Gasteiger partial charge in [-0.3, -0.25) is 4.57 Å². The maximum absolute atomic E-state index is 12.4. The molecule has 0 spiro atoms. The lowest BCUT2D eigenvalue weighted by molar-refractivity contribution is -0.0485. The van der Waals surface area contributed by atoms with Gasteiger partial charge in [-0.05, 0) is 87.1 Å². The molecule has 1 saturated carbocycles. The number of rotatable bonds is 6. The lowest BCUT2D eigenvalue weighted by atomic mass is 9.81. The zero-order valence-corrected chi connectivity index (χ0v) is 20.4. The van der Waals surface area contributed by atoms with Gasteiger partial charge in [0.2, 0.25) is 0 Å². The van der Waals surface area contributed by atoms with E-state index in [4.69, 9.17) is 9.72 Å². The zero-order valence-electron chi connectivity index (χ0n) is 20.4. The molecule has 1 aliphatic carbocycles. The molecule has 36 heavy (non-hydrogen) atoms. The fraction of sp³-hybridized carbons (Fsp3) is 0.286. The second kappa shape index (κ2) is 9.91. The molecular weight excluding hydrogens is 454 g/mol. The first kappa shape index (κ1) is 23.7. The van der Waals surface area contributed by atoms with Crippen LogP contribution in [0.2, 0.25) is 0 Å². The van der Waals surface area contributed by atoms with Gasteiger partial charge in [-0.15, -0.1) is 0 Å². The number of benzene rings is 1. The van der Waals surface area contributed by atoms with Crippen LogP contribution in [0.1, 0.15) is 52.9 Å². The Morgan fingerprint density at radius 2 is 1.78 bits per heavy atom. The smallest absolute Gasteiger partial charge is 0.338 e. The van der Waals surface area contributed by atoms with Gasteiger partial charge in [-0.1, -0.05) is 18.2 Å². The number of ether oxygens (including phenoxy) is 1. The third-order valence-electron chi connectivity index (χ3n) is 6.49. The first-order valence-electron chi connectivity index (χ1n) is 12.1. The molecule has 3 aromatic heterocycles. The van der Waals surface area contributed by atoms with E-state index >= 15 is 0 Å². The minimum Gasteiger partial charge on any atom is -0.459 e. The normalized spacial score (nSPS) is 19.6. The highest BCUT2D eigenvalue weighted by Crippen LogP contribution is 2.37. The van der Waals surface area contributed by atoms with Crippen LogP contribution in [0.3, 0.4) is 0 Å². The highest BCUT2D eigenvalue weighted by molar-refractivity contribution is 5.89. The average molecular weight is 484 g/mol. The lowest BCUT2D eigenvalue weighted by Gasteiger charge is -2.34. The van der Waals surface area contributed by atoms with E-state index in [1.165, 1.54) is 0 Å². The quantitative estimate of drug-likeness (QED) is 0.372. The van der Waals surface area contributed by atoms with Crippen molar-refractivity contribution >= 4 is 17.6 Å². The van der Waals surface area contributed by atoms with Crippen molar-refractivity contribution in [3.8, 4) is 5.82 Å². The standard InChI is InChI=1S/C28H29N5O3/c1-19-10-13-29-24(14-19)31-25-15-20(2)16-26(32-25)33-17-23(30-18-33)28(35)11-8-22(9-12-28)36-27(34)21-6-4-3-5-7-21/h3-7,10,13-18,22,35H,8-9,11-12H2,1-2H3,(H,29,31,32)/t22-,28-. The number of nitrogens with one attached hydrogen (secondary N) is 1. The molecule has 4 aromatic rings. The van der Waals surface area contributed by atoms with Crippen LogP contribution in [-0.4, -0.2) is 36.7 Å². The van der Waals surface area contributed by atoms with Gasteiger partial charge in [0.05, 0.1) is 11.3 Å². The molecule has 2 N–H and O–H groups in total. The molecule has 0 saturated heterocycles. The summed E-state index contributed by atoms with van der Waals surface area (Å²) in [5.41, 5.74) is 2.20. The van der Waals surface area contributed by atoms with Crippen LogP contribution in [-0.2, 0) is 10.3 Å². The Balaban J connectivity index is 1.26. The Bertz CT molecular complexity index is 1360. The van der Waals surface area contributed by atoms with Crippen LogP contribution >= 0.6 is 0 Å². The summed E-state index contributed by atoms with van der Waals surface area (Å²) in [5.74, 6) is 1.77. The molecule has 8 heteroatoms. The van der Waals surface area contributed by atoms with Gasteiger partial charge in [-0.25, -0.2) is 19.7 Å². The predicted octanol–water partition coefficient (Wildman–Crippen LogP) is 5.01. The van der Waals surface area contributed by atoms with Crippen molar-refractivity contribution in [3.63, 3.8) is 0 Å². The molecule has 184 valence electrons. The number of aromatic nitrogens is 4. The number of carbonyl (C=O) groups is 1. The average Bonchev–Trinajstić information content (AvgIpc) is 3.37. The van der Waals surface area contributed by atoms with E-state index in [0.29, 0.717) is 48.6 Å². The number of aliphatic hydroxyl groups is 1. The summed E-state index contributed by atoms with van der Waals surface area (Å²) in [6.07, 6.45) is 7.10. The van der Waals surface area contributed by atoms with E-state index in [-0.39, 0.29) is 12.1 Å². The van der Waals surface area contributed by atoms with Gasteiger partial charge >= 0.3 is 5.97 Å². The van der Waals surface area contributed by atoms with Crippen molar-refractivity contribution in [2.75, 3.05) is 5.32 Å². The number of hydrogen-bond donors (Lipinski definition) is 2. The third kappa shape index (κ3) is 5.28. The summed E-state index contributed by atoms with van der Waals surface area (Å²) in [6.45, 7) is 4.02. The van der Waals surface area contributed by atoms with Crippen molar-refractivity contribution in [3.05, 3.63) is 95.7 Å². The molecule has 0 bridgehead atoms. The zero-order chi connectivity index (χ0) is 25.1. The summed E-state index contributed by atoms with van der Waals surface area (Å²) >= 11 is 0. The third-order valence-corrected chi connectivity index (χ3v) is 6.49. The van der Waals surface area contributed by atoms with E-state index in [1.54, 1.807) is 24.7 Å². The van der Waals surface area contributed by atoms with Crippen LogP contribution in [0.15, 0.2) is 73.3 Å². The maximum atomic E-state index is 12.4. The molecule has 5 rings (SSSR count). The second-order valence-corrected chi connectivity index (χ2v) is 9.40. The second-order valence-electron chi connectivity index (χ2n) is 9.40. The highest BCUT2D eigenvalue weighted by Gasteiger charge is 2.38. The van der Waals surface area contributed by atoms with E-state index < -0.39 is 5.60 Å². The Kier molecular flexibility index (Phi) is 6.52. The summed E-state index contributed by atoms with van der Waals surface area (Å²) < 4.78 is 7.48. The predicted molar refractivity (Wildman–Crippen MR) is 136 cm³/mol. The van der Waals surface area contributed by atoms with Gasteiger partial charge in [0.1, 0.15) is 35.5 Å². The fourth-order valence-electron chi connectivity index (χ4n) is 4.51. The van der Waals surface area contributed by atoms with Crippen molar-refractivity contribution in [1.82, 2.24) is 19.5 Å². The Labute approximate surface area is 210 Å². The number of nitrogens with zero attached hydrogens (tertiary/aromatic N) is 4. The van der Waals surface area contributed by atoms with Crippen molar-refractivity contribution < 1.29 is 14.6 Å². The number of imidazole rings is 1. The molecular formula is C28H29N5O3. The Morgan fingerprint density at radius 3 is 2.53 bits per heavy atom. The van der Waals surface area contributed by atoms with Gasteiger partial charge in [0, 0.05) is 12.4 Å². The number of carbonyl (C=O) groups excluding carboxylic acids is 1. The molecule has 1 fully saturated rings. The van der Waals surface area contributed by atoms with Crippen molar-refractivity contribution in [1.29, 1.82) is 0 Å². The number of anilines is 2. The number of hydrogen-bond acceptors (Lipinski definition) is 7. The molecule has 3 heterocycles. The summed E-state index contributed by atoms with van der Waals surface area (Å²) in [6, 6.07) is 16.8. The van der Waals surface area contributed by atoms with Crippen LogP contribution in [0, 0.1) is 13.8 Å². The lowest BCUT2D eigenvalue weighted by Crippen LogP contribution is -2.35. The maximum Gasteiger partial charge on any atom is 0.338 e. The molecule has 0 radical (unpaired) electrons. The minimum absolute atomic E-state index is 0.220. The first-order valence-corrected chi connectivity index (χ1v) is 12.1. The van der Waals surface area contributed by atoms with E-state index in [9.17, 15) is 9.90 Å². The van der Waals surface area contributed by atoms with Crippen LogP contribution in [0.4, 0.5) is 11.6 Å². The molecule has 0 amide bonds. The molecule has 8 nitrogen and oxygen atoms in total. The minimum atomic E-state index is -1.07. The van der Waals surface area contributed by atoms with Gasteiger partial charge < -0.3 is 15.2 Å². The monoisotopic (exact) mass is 483 g/mol. The molecule has 1 aromatic carbocycles. The molecule has 0 aliphatic heterocycles. The molecule has 0 unspecified atom stereocenters. The molecule has 0 atom stereocenters. The molecule has 1 aliphatic rings. The fourth-order valence-corrected chi connectivity index (χ4v) is 4.51. The largest absolute Gasteiger partial charge is 0.459 e. The van der Waals surface area contributed by atoms with E-state index in [0.717, 1.165) is 16.9 Å². The SMILES string of the molecule is Cc1ccnc(Nc2cc(C)cc(-n3cnc([C@]4(O)CC[C@H](OC(=O)c5ccccc5)CC4)c3)n2)c1. The van der Waals surface area contributed by atoms with E-state index in [1.807, 2.05) is 67.1 Å².